The number of nitrogens with zero attached hydrogens (tertiary/aromatic N) is 2. The summed E-state index contributed by atoms with van der Waals surface area (Å²) in [7, 11) is 0. The number of rotatable bonds is 1. The average molecular weight is 163 g/mol. The highest BCUT2D eigenvalue weighted by Crippen LogP contribution is 2.19. The SMILES string of the molecule is CC(C)C1=CC=CN2CNN=C12. The molecule has 0 aromatic rings. The topological polar surface area (TPSA) is 27.6 Å². The number of hydrogen-bond donors (Lipinski definition) is 1. The molecule has 2 rings (SSSR count). The Balaban J connectivity index is 2.32. The maximum atomic E-state index is 4.23. The van der Waals surface area contributed by atoms with E-state index in [9.17, 15) is 0 Å². The van der Waals surface area contributed by atoms with E-state index in [4.69, 9.17) is 0 Å². The van der Waals surface area contributed by atoms with Gasteiger partial charge in [-0.2, -0.15) is 5.10 Å². The Morgan fingerprint density at radius 3 is 3.17 bits per heavy atom. The van der Waals surface area contributed by atoms with Gasteiger partial charge in [0.1, 0.15) is 6.67 Å². The van der Waals surface area contributed by atoms with E-state index in [0.29, 0.717) is 5.92 Å². The molecule has 2 heterocycles. The molecule has 0 aromatic carbocycles. The van der Waals surface area contributed by atoms with Crippen LogP contribution >= 0.6 is 0 Å². The molecule has 0 aliphatic carbocycles. The standard InChI is InChI=1S/C9H13N3/c1-7(2)8-4-3-5-12-6-10-11-9(8)12/h3-5,7,10H,6H2,1-2H3. The molecule has 0 radical (unpaired) electrons. The molecule has 2 aliphatic rings. The van der Waals surface area contributed by atoms with Gasteiger partial charge in [-0.3, -0.25) is 5.43 Å². The largest absolute Gasteiger partial charge is 0.312 e. The Morgan fingerprint density at radius 2 is 2.42 bits per heavy atom. The number of allylic oxidation sites excluding steroid dienone is 2. The number of amidine groups is 1. The van der Waals surface area contributed by atoms with Crippen LogP contribution in [0.3, 0.4) is 0 Å². The molecule has 0 aromatic heterocycles. The van der Waals surface area contributed by atoms with E-state index >= 15 is 0 Å². The van der Waals surface area contributed by atoms with Gasteiger partial charge in [0, 0.05) is 6.20 Å². The van der Waals surface area contributed by atoms with Crippen molar-refractivity contribution in [3.05, 3.63) is 23.9 Å². The van der Waals surface area contributed by atoms with Gasteiger partial charge in [0.2, 0.25) is 0 Å². The van der Waals surface area contributed by atoms with E-state index in [1.54, 1.807) is 0 Å². The highest BCUT2D eigenvalue weighted by atomic mass is 15.5. The molecule has 12 heavy (non-hydrogen) atoms. The van der Waals surface area contributed by atoms with Crippen LogP contribution in [0.15, 0.2) is 29.0 Å². The fraction of sp³-hybridized carbons (Fsp3) is 0.444. The zero-order valence-corrected chi connectivity index (χ0v) is 7.41. The second-order valence-electron chi connectivity index (χ2n) is 3.34. The van der Waals surface area contributed by atoms with E-state index in [1.165, 1.54) is 5.57 Å². The monoisotopic (exact) mass is 163 g/mol. The van der Waals surface area contributed by atoms with Crippen molar-refractivity contribution in [2.45, 2.75) is 13.8 Å². The van der Waals surface area contributed by atoms with Crippen molar-refractivity contribution >= 4 is 5.84 Å². The molecule has 1 N–H and O–H groups in total. The molecular formula is C9H13N3. The van der Waals surface area contributed by atoms with Crippen LogP contribution in [0.2, 0.25) is 0 Å². The first kappa shape index (κ1) is 7.40. The number of hydrazone groups is 1. The molecule has 0 unspecified atom stereocenters. The smallest absolute Gasteiger partial charge is 0.157 e. The molecule has 3 heteroatoms. The Kier molecular flexibility index (Phi) is 1.64. The van der Waals surface area contributed by atoms with Gasteiger partial charge in [-0.1, -0.05) is 19.9 Å². The highest BCUT2D eigenvalue weighted by Gasteiger charge is 2.22. The minimum atomic E-state index is 0.538. The first-order chi connectivity index (χ1) is 5.79. The maximum absolute atomic E-state index is 4.23. The van der Waals surface area contributed by atoms with Crippen LogP contribution in [-0.2, 0) is 0 Å². The lowest BCUT2D eigenvalue weighted by Gasteiger charge is -2.21. The summed E-state index contributed by atoms with van der Waals surface area (Å²) in [6.07, 6.45) is 6.25. The highest BCUT2D eigenvalue weighted by molar-refractivity contribution is 6.01. The Bertz CT molecular complexity index is 273. The van der Waals surface area contributed by atoms with Gasteiger partial charge in [0.25, 0.3) is 0 Å². The summed E-state index contributed by atoms with van der Waals surface area (Å²) in [5.41, 5.74) is 4.28. The molecule has 0 amide bonds. The van der Waals surface area contributed by atoms with Gasteiger partial charge in [-0.05, 0) is 17.6 Å². The van der Waals surface area contributed by atoms with E-state index in [1.807, 2.05) is 6.20 Å². The molecule has 2 aliphatic heterocycles. The lowest BCUT2D eigenvalue weighted by atomic mass is 10.00. The molecule has 0 fully saturated rings. The van der Waals surface area contributed by atoms with Crippen molar-refractivity contribution in [1.29, 1.82) is 0 Å². The zero-order valence-electron chi connectivity index (χ0n) is 7.41. The predicted molar refractivity (Wildman–Crippen MR) is 49.3 cm³/mol. The molecule has 0 saturated heterocycles. The predicted octanol–water partition coefficient (Wildman–Crippen LogP) is 1.27. The molecule has 0 atom stereocenters. The van der Waals surface area contributed by atoms with E-state index in [-0.39, 0.29) is 0 Å². The lowest BCUT2D eigenvalue weighted by molar-refractivity contribution is 0.543. The van der Waals surface area contributed by atoms with Gasteiger partial charge in [-0.15, -0.1) is 0 Å². The van der Waals surface area contributed by atoms with E-state index < -0.39 is 0 Å². The van der Waals surface area contributed by atoms with Crippen molar-refractivity contribution in [3.63, 3.8) is 0 Å². The van der Waals surface area contributed by atoms with Gasteiger partial charge in [0.15, 0.2) is 5.84 Å². The summed E-state index contributed by atoms with van der Waals surface area (Å²) in [4.78, 5) is 2.12. The quantitative estimate of drug-likeness (QED) is 0.630. The molecule has 3 nitrogen and oxygen atoms in total. The summed E-state index contributed by atoms with van der Waals surface area (Å²) in [5, 5.41) is 4.23. The minimum absolute atomic E-state index is 0.538. The van der Waals surface area contributed by atoms with E-state index in [2.05, 4.69) is 41.4 Å². The van der Waals surface area contributed by atoms with Crippen molar-refractivity contribution < 1.29 is 0 Å². The third-order valence-corrected chi connectivity index (χ3v) is 2.12. The van der Waals surface area contributed by atoms with E-state index in [0.717, 1.165) is 12.5 Å². The summed E-state index contributed by atoms with van der Waals surface area (Å²) < 4.78 is 0. The zero-order chi connectivity index (χ0) is 8.55. The molecule has 0 bridgehead atoms. The molecule has 0 spiro atoms. The Hall–Kier alpha value is -1.25. The van der Waals surface area contributed by atoms with Crippen LogP contribution in [0.25, 0.3) is 0 Å². The molecule has 64 valence electrons. The third-order valence-electron chi connectivity index (χ3n) is 2.12. The van der Waals surface area contributed by atoms with Crippen LogP contribution in [0, 0.1) is 5.92 Å². The first-order valence-electron chi connectivity index (χ1n) is 4.25. The Morgan fingerprint density at radius 1 is 1.58 bits per heavy atom. The third kappa shape index (κ3) is 1.02. The van der Waals surface area contributed by atoms with Crippen LogP contribution in [0.4, 0.5) is 0 Å². The van der Waals surface area contributed by atoms with Gasteiger partial charge < -0.3 is 4.90 Å². The fourth-order valence-corrected chi connectivity index (χ4v) is 1.45. The Labute approximate surface area is 72.4 Å². The fourth-order valence-electron chi connectivity index (χ4n) is 1.45. The van der Waals surface area contributed by atoms with Crippen molar-refractivity contribution in [3.8, 4) is 0 Å². The molecule has 0 saturated carbocycles. The van der Waals surface area contributed by atoms with Crippen molar-refractivity contribution in [2.75, 3.05) is 6.67 Å². The first-order valence-corrected chi connectivity index (χ1v) is 4.25. The van der Waals surface area contributed by atoms with Crippen molar-refractivity contribution in [2.24, 2.45) is 11.0 Å². The van der Waals surface area contributed by atoms with Crippen LogP contribution in [0.1, 0.15) is 13.8 Å². The summed E-state index contributed by atoms with van der Waals surface area (Å²) in [5.74, 6) is 1.61. The second-order valence-corrected chi connectivity index (χ2v) is 3.34. The minimum Gasteiger partial charge on any atom is -0.312 e. The van der Waals surface area contributed by atoms with Gasteiger partial charge in [-0.25, -0.2) is 0 Å². The second kappa shape index (κ2) is 2.66. The normalized spacial score (nSPS) is 20.4. The van der Waals surface area contributed by atoms with Gasteiger partial charge >= 0.3 is 0 Å². The lowest BCUT2D eigenvalue weighted by Crippen LogP contribution is -2.28. The number of fused-ring (bicyclic) bond motifs is 1. The van der Waals surface area contributed by atoms with Gasteiger partial charge in [0.05, 0.1) is 0 Å². The summed E-state index contributed by atoms with van der Waals surface area (Å²) in [6, 6.07) is 0. The number of hydrogen-bond acceptors (Lipinski definition) is 3. The van der Waals surface area contributed by atoms with Crippen LogP contribution in [-0.4, -0.2) is 17.4 Å². The summed E-state index contributed by atoms with van der Waals surface area (Å²) >= 11 is 0. The average Bonchev–Trinajstić information content (AvgIpc) is 2.49. The van der Waals surface area contributed by atoms with Crippen molar-refractivity contribution in [1.82, 2.24) is 10.3 Å². The maximum Gasteiger partial charge on any atom is 0.157 e. The summed E-state index contributed by atoms with van der Waals surface area (Å²) in [6.45, 7) is 5.17. The molecular weight excluding hydrogens is 150 g/mol. The van der Waals surface area contributed by atoms with Crippen LogP contribution in [0.5, 0.6) is 0 Å². The number of nitrogens with one attached hydrogen (secondary N) is 1. The van der Waals surface area contributed by atoms with Crippen LogP contribution < -0.4 is 5.43 Å².